The minimum atomic E-state index is 0.737. The summed E-state index contributed by atoms with van der Waals surface area (Å²) in [6, 6.07) is 0.737. The van der Waals surface area contributed by atoms with Gasteiger partial charge in [-0.25, -0.2) is 0 Å². The van der Waals surface area contributed by atoms with Crippen molar-refractivity contribution in [3.05, 3.63) is 12.2 Å². The highest BCUT2D eigenvalue weighted by atomic mass is 16.5. The molecule has 0 aromatic carbocycles. The van der Waals surface area contributed by atoms with Gasteiger partial charge in [0, 0.05) is 12.6 Å². The Morgan fingerprint density at radius 3 is 2.56 bits per heavy atom. The number of nitrogens with one attached hydrogen (secondary N) is 1. The molecule has 0 saturated heterocycles. The molecule has 1 N–H and O–H groups in total. The van der Waals surface area contributed by atoms with E-state index >= 15 is 0 Å². The highest BCUT2D eigenvalue weighted by Crippen LogP contribution is 2.23. The first-order chi connectivity index (χ1) is 7.68. The van der Waals surface area contributed by atoms with E-state index < -0.39 is 0 Å². The van der Waals surface area contributed by atoms with Crippen LogP contribution in [-0.4, -0.2) is 25.8 Å². The zero-order valence-electron chi connectivity index (χ0n) is 10.9. The van der Waals surface area contributed by atoms with E-state index in [4.69, 9.17) is 4.74 Å². The minimum Gasteiger partial charge on any atom is -0.380 e. The van der Waals surface area contributed by atoms with Gasteiger partial charge in [0.05, 0.1) is 13.2 Å². The Hall–Kier alpha value is -0.340. The lowest BCUT2D eigenvalue weighted by molar-refractivity contribution is 0.134. The highest BCUT2D eigenvalue weighted by Gasteiger charge is 2.16. The SMILES string of the molecule is C=C(C)CCOCCNC1CCC(C)CC1. The molecule has 1 fully saturated rings. The molecule has 0 atom stereocenters. The van der Waals surface area contributed by atoms with Crippen LogP contribution in [0.15, 0.2) is 12.2 Å². The van der Waals surface area contributed by atoms with Gasteiger partial charge in [-0.2, -0.15) is 0 Å². The molecule has 0 heterocycles. The second kappa shape index (κ2) is 7.86. The summed E-state index contributed by atoms with van der Waals surface area (Å²) in [4.78, 5) is 0. The fraction of sp³-hybridized carbons (Fsp3) is 0.857. The Kier molecular flexibility index (Phi) is 6.74. The second-order valence-corrected chi connectivity index (χ2v) is 5.23. The van der Waals surface area contributed by atoms with E-state index in [2.05, 4.69) is 18.8 Å². The van der Waals surface area contributed by atoms with Crippen LogP contribution >= 0.6 is 0 Å². The van der Waals surface area contributed by atoms with Crippen LogP contribution in [0.4, 0.5) is 0 Å². The van der Waals surface area contributed by atoms with Crippen molar-refractivity contribution in [2.45, 2.75) is 52.0 Å². The first-order valence-corrected chi connectivity index (χ1v) is 6.64. The number of rotatable bonds is 7. The van der Waals surface area contributed by atoms with Crippen molar-refractivity contribution in [3.8, 4) is 0 Å². The molecule has 1 aliphatic rings. The van der Waals surface area contributed by atoms with Crippen LogP contribution in [0, 0.1) is 5.92 Å². The van der Waals surface area contributed by atoms with E-state index in [1.165, 1.54) is 31.3 Å². The molecule has 0 bridgehead atoms. The molecule has 2 heteroatoms. The Labute approximate surface area is 100 Å². The third-order valence-corrected chi connectivity index (χ3v) is 3.37. The molecule has 0 radical (unpaired) electrons. The highest BCUT2D eigenvalue weighted by molar-refractivity contribution is 4.87. The molecular weight excluding hydrogens is 198 g/mol. The summed E-state index contributed by atoms with van der Waals surface area (Å²) >= 11 is 0. The van der Waals surface area contributed by atoms with Gasteiger partial charge in [-0.15, -0.1) is 6.58 Å². The van der Waals surface area contributed by atoms with Crippen LogP contribution in [0.3, 0.4) is 0 Å². The van der Waals surface area contributed by atoms with Crippen LogP contribution in [0.1, 0.15) is 46.0 Å². The van der Waals surface area contributed by atoms with Crippen molar-refractivity contribution >= 4 is 0 Å². The first kappa shape index (κ1) is 13.7. The summed E-state index contributed by atoms with van der Waals surface area (Å²) in [5, 5.41) is 3.58. The van der Waals surface area contributed by atoms with Crippen LogP contribution in [0.25, 0.3) is 0 Å². The Bertz CT molecular complexity index is 195. The molecule has 1 aliphatic carbocycles. The van der Waals surface area contributed by atoms with Crippen LogP contribution < -0.4 is 5.32 Å². The Morgan fingerprint density at radius 2 is 1.94 bits per heavy atom. The predicted octanol–water partition coefficient (Wildman–Crippen LogP) is 3.14. The first-order valence-electron chi connectivity index (χ1n) is 6.64. The maximum atomic E-state index is 5.53. The molecule has 16 heavy (non-hydrogen) atoms. The van der Waals surface area contributed by atoms with Crippen molar-refractivity contribution in [2.24, 2.45) is 5.92 Å². The van der Waals surface area contributed by atoms with E-state index in [-0.39, 0.29) is 0 Å². The van der Waals surface area contributed by atoms with Gasteiger partial charge in [-0.05, 0) is 44.9 Å². The van der Waals surface area contributed by atoms with Crippen molar-refractivity contribution < 1.29 is 4.74 Å². The zero-order chi connectivity index (χ0) is 11.8. The standard InChI is InChI=1S/C14H27NO/c1-12(2)8-10-16-11-9-15-14-6-4-13(3)5-7-14/h13-15H,1,4-11H2,2-3H3. The van der Waals surface area contributed by atoms with E-state index in [0.29, 0.717) is 0 Å². The monoisotopic (exact) mass is 225 g/mol. The van der Waals surface area contributed by atoms with Gasteiger partial charge in [0.25, 0.3) is 0 Å². The van der Waals surface area contributed by atoms with Crippen LogP contribution in [0.5, 0.6) is 0 Å². The molecule has 94 valence electrons. The lowest BCUT2D eigenvalue weighted by atomic mass is 9.87. The molecule has 1 rings (SSSR count). The molecule has 0 amide bonds. The predicted molar refractivity (Wildman–Crippen MR) is 69.7 cm³/mol. The van der Waals surface area contributed by atoms with Gasteiger partial charge in [0.1, 0.15) is 0 Å². The summed E-state index contributed by atoms with van der Waals surface area (Å²) in [5.41, 5.74) is 1.20. The molecule has 0 unspecified atom stereocenters. The fourth-order valence-electron chi connectivity index (χ4n) is 2.15. The molecule has 0 aromatic rings. The quantitative estimate of drug-likeness (QED) is 0.531. The van der Waals surface area contributed by atoms with Crippen LogP contribution in [-0.2, 0) is 4.74 Å². The summed E-state index contributed by atoms with van der Waals surface area (Å²) < 4.78 is 5.53. The maximum Gasteiger partial charge on any atom is 0.0591 e. The lowest BCUT2D eigenvalue weighted by Gasteiger charge is -2.26. The van der Waals surface area contributed by atoms with Gasteiger partial charge >= 0.3 is 0 Å². The van der Waals surface area contributed by atoms with Crippen molar-refractivity contribution in [1.82, 2.24) is 5.32 Å². The summed E-state index contributed by atoms with van der Waals surface area (Å²) in [6.45, 7) is 10.9. The van der Waals surface area contributed by atoms with Gasteiger partial charge in [0.2, 0.25) is 0 Å². The minimum absolute atomic E-state index is 0.737. The van der Waals surface area contributed by atoms with Crippen molar-refractivity contribution in [2.75, 3.05) is 19.8 Å². The average molecular weight is 225 g/mol. The van der Waals surface area contributed by atoms with Gasteiger partial charge in [-0.1, -0.05) is 12.5 Å². The largest absolute Gasteiger partial charge is 0.380 e. The Balaban J connectivity index is 1.89. The normalized spacial score (nSPS) is 25.6. The summed E-state index contributed by atoms with van der Waals surface area (Å²) in [7, 11) is 0. The molecule has 0 aliphatic heterocycles. The number of hydrogen-bond donors (Lipinski definition) is 1. The maximum absolute atomic E-state index is 5.53. The van der Waals surface area contributed by atoms with E-state index in [1.807, 2.05) is 6.92 Å². The lowest BCUT2D eigenvalue weighted by Crippen LogP contribution is -2.35. The van der Waals surface area contributed by atoms with Gasteiger partial charge in [0.15, 0.2) is 0 Å². The summed E-state index contributed by atoms with van der Waals surface area (Å²) in [5.74, 6) is 0.935. The number of ether oxygens (including phenoxy) is 1. The van der Waals surface area contributed by atoms with E-state index in [9.17, 15) is 0 Å². The van der Waals surface area contributed by atoms with Crippen LogP contribution in [0.2, 0.25) is 0 Å². The second-order valence-electron chi connectivity index (χ2n) is 5.23. The van der Waals surface area contributed by atoms with E-state index in [1.54, 1.807) is 0 Å². The molecule has 0 aromatic heterocycles. The fourth-order valence-corrected chi connectivity index (χ4v) is 2.15. The Morgan fingerprint density at radius 1 is 1.25 bits per heavy atom. The molecule has 1 saturated carbocycles. The van der Waals surface area contributed by atoms with E-state index in [0.717, 1.165) is 38.1 Å². The molecular formula is C14H27NO. The smallest absolute Gasteiger partial charge is 0.0591 e. The van der Waals surface area contributed by atoms with Crippen molar-refractivity contribution in [1.29, 1.82) is 0 Å². The number of hydrogen-bond acceptors (Lipinski definition) is 2. The average Bonchev–Trinajstić information content (AvgIpc) is 2.25. The third-order valence-electron chi connectivity index (χ3n) is 3.37. The molecule has 2 nitrogen and oxygen atoms in total. The summed E-state index contributed by atoms with van der Waals surface area (Å²) in [6.07, 6.45) is 6.43. The van der Waals surface area contributed by atoms with Crippen molar-refractivity contribution in [3.63, 3.8) is 0 Å². The van der Waals surface area contributed by atoms with Gasteiger partial charge < -0.3 is 10.1 Å². The molecule has 0 spiro atoms. The zero-order valence-corrected chi connectivity index (χ0v) is 10.9. The topological polar surface area (TPSA) is 21.3 Å². The van der Waals surface area contributed by atoms with Gasteiger partial charge in [-0.3, -0.25) is 0 Å². The third kappa shape index (κ3) is 6.29.